The third kappa shape index (κ3) is 4.79. The van der Waals surface area contributed by atoms with Crippen molar-refractivity contribution < 1.29 is 18.3 Å². The minimum Gasteiger partial charge on any atom is -0.395 e. The SMILES string of the molecule is CCC(C)NS(=O)(=O)c1ccc(C(=O)N(CC)CCO)cc1. The number of carbonyl (C=O) groups is 1. The maximum atomic E-state index is 12.2. The fourth-order valence-corrected chi connectivity index (χ4v) is 3.23. The van der Waals surface area contributed by atoms with Crippen LogP contribution < -0.4 is 4.72 Å². The van der Waals surface area contributed by atoms with E-state index in [2.05, 4.69) is 4.72 Å². The number of hydrogen-bond acceptors (Lipinski definition) is 4. The van der Waals surface area contributed by atoms with E-state index in [4.69, 9.17) is 5.11 Å². The molecule has 7 heteroatoms. The number of hydrogen-bond donors (Lipinski definition) is 2. The predicted molar refractivity (Wildman–Crippen MR) is 85.2 cm³/mol. The molecule has 0 fully saturated rings. The Morgan fingerprint density at radius 1 is 1.27 bits per heavy atom. The molecule has 0 heterocycles. The van der Waals surface area contributed by atoms with Gasteiger partial charge in [0.15, 0.2) is 0 Å². The van der Waals surface area contributed by atoms with Crippen molar-refractivity contribution in [3.8, 4) is 0 Å². The van der Waals surface area contributed by atoms with E-state index < -0.39 is 10.0 Å². The summed E-state index contributed by atoms with van der Waals surface area (Å²) in [5.74, 6) is -0.226. The van der Waals surface area contributed by atoms with Crippen LogP contribution in [0, 0.1) is 0 Å². The lowest BCUT2D eigenvalue weighted by molar-refractivity contribution is 0.0732. The van der Waals surface area contributed by atoms with Crippen LogP contribution >= 0.6 is 0 Å². The molecule has 1 amide bonds. The number of nitrogens with zero attached hydrogens (tertiary/aromatic N) is 1. The zero-order chi connectivity index (χ0) is 16.8. The van der Waals surface area contributed by atoms with Crippen molar-refractivity contribution in [1.29, 1.82) is 0 Å². The number of benzene rings is 1. The topological polar surface area (TPSA) is 86.7 Å². The van der Waals surface area contributed by atoms with Gasteiger partial charge >= 0.3 is 0 Å². The molecule has 1 unspecified atom stereocenters. The monoisotopic (exact) mass is 328 g/mol. The standard InChI is InChI=1S/C15H24N2O4S/c1-4-12(3)16-22(20,21)14-8-6-13(7-9-14)15(19)17(5-2)10-11-18/h6-9,12,16,18H,4-5,10-11H2,1-3H3. The highest BCUT2D eigenvalue weighted by Gasteiger charge is 2.18. The summed E-state index contributed by atoms with van der Waals surface area (Å²) in [6, 6.07) is 5.68. The molecule has 0 aliphatic rings. The first-order valence-electron chi connectivity index (χ1n) is 7.38. The van der Waals surface area contributed by atoms with Crippen LogP contribution in [0.1, 0.15) is 37.6 Å². The summed E-state index contributed by atoms with van der Waals surface area (Å²) in [5, 5.41) is 8.94. The second-order valence-corrected chi connectivity index (χ2v) is 6.78. The lowest BCUT2D eigenvalue weighted by Gasteiger charge is -2.19. The second-order valence-electron chi connectivity index (χ2n) is 5.06. The first kappa shape index (κ1) is 18.6. The van der Waals surface area contributed by atoms with E-state index in [-0.39, 0.29) is 30.0 Å². The third-order valence-electron chi connectivity index (χ3n) is 3.42. The van der Waals surface area contributed by atoms with Crippen LogP contribution in [0.4, 0.5) is 0 Å². The van der Waals surface area contributed by atoms with Crippen molar-refractivity contribution in [2.45, 2.75) is 38.1 Å². The number of aliphatic hydroxyl groups excluding tert-OH is 1. The summed E-state index contributed by atoms with van der Waals surface area (Å²) in [7, 11) is -3.57. The molecular formula is C15H24N2O4S. The quantitative estimate of drug-likeness (QED) is 0.751. The zero-order valence-electron chi connectivity index (χ0n) is 13.2. The fraction of sp³-hybridized carbons (Fsp3) is 0.533. The third-order valence-corrected chi connectivity index (χ3v) is 5.02. The molecule has 124 valence electrons. The first-order chi connectivity index (χ1) is 10.4. The van der Waals surface area contributed by atoms with E-state index in [0.29, 0.717) is 18.5 Å². The van der Waals surface area contributed by atoms with Gasteiger partial charge in [-0.05, 0) is 44.5 Å². The Morgan fingerprint density at radius 3 is 2.32 bits per heavy atom. The van der Waals surface area contributed by atoms with Crippen LogP contribution in [-0.2, 0) is 10.0 Å². The molecule has 0 radical (unpaired) electrons. The number of amides is 1. The van der Waals surface area contributed by atoms with Crippen molar-refractivity contribution in [2.75, 3.05) is 19.7 Å². The average Bonchev–Trinajstić information content (AvgIpc) is 2.51. The molecule has 0 aromatic heterocycles. The van der Waals surface area contributed by atoms with Gasteiger partial charge in [-0.15, -0.1) is 0 Å². The van der Waals surface area contributed by atoms with E-state index in [1.807, 2.05) is 13.8 Å². The summed E-state index contributed by atoms with van der Waals surface area (Å²) in [4.78, 5) is 13.8. The number of rotatable bonds is 8. The van der Waals surface area contributed by atoms with Crippen LogP contribution in [0.5, 0.6) is 0 Å². The molecule has 2 N–H and O–H groups in total. The van der Waals surface area contributed by atoms with E-state index >= 15 is 0 Å². The van der Waals surface area contributed by atoms with E-state index in [1.54, 1.807) is 6.92 Å². The van der Waals surface area contributed by atoms with Gasteiger partial charge in [-0.2, -0.15) is 0 Å². The van der Waals surface area contributed by atoms with Gasteiger partial charge in [0, 0.05) is 24.7 Å². The van der Waals surface area contributed by atoms with E-state index in [9.17, 15) is 13.2 Å². The molecule has 0 saturated heterocycles. The summed E-state index contributed by atoms with van der Waals surface area (Å²) in [6.07, 6.45) is 0.697. The zero-order valence-corrected chi connectivity index (χ0v) is 14.1. The molecule has 0 saturated carbocycles. The predicted octanol–water partition coefficient (Wildman–Crippen LogP) is 1.22. The maximum absolute atomic E-state index is 12.2. The number of likely N-dealkylation sites (N-methyl/N-ethyl adjacent to an activating group) is 1. The van der Waals surface area contributed by atoms with Gasteiger partial charge in [-0.3, -0.25) is 4.79 Å². The maximum Gasteiger partial charge on any atom is 0.253 e. The van der Waals surface area contributed by atoms with Gasteiger partial charge in [0.25, 0.3) is 5.91 Å². The Kier molecular flexibility index (Phi) is 6.99. The highest BCUT2D eigenvalue weighted by molar-refractivity contribution is 7.89. The molecule has 6 nitrogen and oxygen atoms in total. The molecule has 1 aromatic carbocycles. The Morgan fingerprint density at radius 2 is 1.86 bits per heavy atom. The lowest BCUT2D eigenvalue weighted by atomic mass is 10.2. The first-order valence-corrected chi connectivity index (χ1v) is 8.86. The normalized spacial score (nSPS) is 12.9. The van der Waals surface area contributed by atoms with Crippen LogP contribution in [-0.4, -0.2) is 50.1 Å². The molecule has 0 aliphatic heterocycles. The Bertz CT molecular complexity index is 584. The Hall–Kier alpha value is -1.44. The highest BCUT2D eigenvalue weighted by Crippen LogP contribution is 2.13. The van der Waals surface area contributed by atoms with E-state index in [0.717, 1.165) is 0 Å². The Balaban J connectivity index is 2.93. The molecular weight excluding hydrogens is 304 g/mol. The molecule has 22 heavy (non-hydrogen) atoms. The minimum absolute atomic E-state index is 0.106. The number of sulfonamides is 1. The average molecular weight is 328 g/mol. The molecule has 0 bridgehead atoms. The van der Waals surface area contributed by atoms with Crippen molar-refractivity contribution in [1.82, 2.24) is 9.62 Å². The van der Waals surface area contributed by atoms with Crippen molar-refractivity contribution in [3.63, 3.8) is 0 Å². The van der Waals surface area contributed by atoms with Crippen LogP contribution in [0.2, 0.25) is 0 Å². The number of aliphatic hydroxyl groups is 1. The van der Waals surface area contributed by atoms with Crippen LogP contribution in [0.15, 0.2) is 29.2 Å². The lowest BCUT2D eigenvalue weighted by Crippen LogP contribution is -2.33. The van der Waals surface area contributed by atoms with Crippen LogP contribution in [0.3, 0.4) is 0 Å². The largest absolute Gasteiger partial charge is 0.395 e. The number of carbonyl (C=O) groups excluding carboxylic acids is 1. The van der Waals surface area contributed by atoms with Gasteiger partial charge < -0.3 is 10.0 Å². The van der Waals surface area contributed by atoms with Gasteiger partial charge in [-0.25, -0.2) is 13.1 Å². The summed E-state index contributed by atoms with van der Waals surface area (Å²) in [5.41, 5.74) is 0.401. The molecule has 1 aromatic rings. The summed E-state index contributed by atoms with van der Waals surface area (Å²) < 4.78 is 26.8. The van der Waals surface area contributed by atoms with Gasteiger partial charge in [0.1, 0.15) is 0 Å². The smallest absolute Gasteiger partial charge is 0.253 e. The van der Waals surface area contributed by atoms with Crippen molar-refractivity contribution >= 4 is 15.9 Å². The molecule has 0 spiro atoms. The Labute approximate surface area is 132 Å². The van der Waals surface area contributed by atoms with Crippen LogP contribution in [0.25, 0.3) is 0 Å². The molecule has 1 rings (SSSR count). The van der Waals surface area contributed by atoms with E-state index in [1.165, 1.54) is 29.2 Å². The molecule has 1 atom stereocenters. The van der Waals surface area contributed by atoms with Gasteiger partial charge in [0.2, 0.25) is 10.0 Å². The van der Waals surface area contributed by atoms with Crippen molar-refractivity contribution in [3.05, 3.63) is 29.8 Å². The minimum atomic E-state index is -3.57. The van der Waals surface area contributed by atoms with Gasteiger partial charge in [0.05, 0.1) is 11.5 Å². The van der Waals surface area contributed by atoms with Gasteiger partial charge in [-0.1, -0.05) is 6.92 Å². The molecule has 0 aliphatic carbocycles. The fourth-order valence-electron chi connectivity index (χ4n) is 1.90. The second kappa shape index (κ2) is 8.26. The van der Waals surface area contributed by atoms with Crippen molar-refractivity contribution in [2.24, 2.45) is 0 Å². The highest BCUT2D eigenvalue weighted by atomic mass is 32.2. The summed E-state index contributed by atoms with van der Waals surface area (Å²) >= 11 is 0. The summed E-state index contributed by atoms with van der Waals surface area (Å²) in [6.45, 7) is 6.15. The number of nitrogens with one attached hydrogen (secondary N) is 1.